The molecule has 0 spiro atoms. The molecule has 198 valence electrons. The second-order valence-electron chi connectivity index (χ2n) is 8.23. The van der Waals surface area contributed by atoms with Gasteiger partial charge in [-0.15, -0.1) is 0 Å². The second kappa shape index (κ2) is 12.5. The van der Waals surface area contributed by atoms with E-state index in [0.717, 1.165) is 25.5 Å². The average Bonchev–Trinajstić information content (AvgIpc) is 3.49. The number of nitrogens with zero attached hydrogens (tertiary/aromatic N) is 2. The summed E-state index contributed by atoms with van der Waals surface area (Å²) in [7, 11) is 0. The normalized spacial score (nSPS) is 24.3. The van der Waals surface area contributed by atoms with Crippen LogP contribution in [0.1, 0.15) is 31.2 Å². The van der Waals surface area contributed by atoms with Crippen LogP contribution < -0.4 is 0 Å². The number of pyridine rings is 1. The van der Waals surface area contributed by atoms with E-state index in [-0.39, 0.29) is 12.2 Å². The number of aromatic nitrogens is 1. The Balaban J connectivity index is 0.000000257. The van der Waals surface area contributed by atoms with Gasteiger partial charge in [-0.05, 0) is 49.3 Å². The van der Waals surface area contributed by atoms with Gasteiger partial charge in [-0.25, -0.2) is 9.59 Å². The van der Waals surface area contributed by atoms with Gasteiger partial charge in [0.2, 0.25) is 0 Å². The molecule has 3 aliphatic rings. The largest absolute Gasteiger partial charge is 0.490 e. The van der Waals surface area contributed by atoms with Crippen molar-refractivity contribution in [2.75, 3.05) is 19.7 Å². The summed E-state index contributed by atoms with van der Waals surface area (Å²) in [6, 6.07) is 4.63. The minimum absolute atomic E-state index is 0.255. The first-order valence-corrected chi connectivity index (χ1v) is 10.8. The molecule has 4 rings (SSSR count). The SMILES string of the molecule is O=C(O)C(F)(F)F.O=C(O)C(F)(F)F.c1cc(CO[C@@H]2CC[C@H]3[C@H]2OCCN3CC2CC2)ccn1. The van der Waals surface area contributed by atoms with E-state index in [1.54, 1.807) is 0 Å². The molecular weight excluding hydrogens is 490 g/mol. The average molecular weight is 516 g/mol. The summed E-state index contributed by atoms with van der Waals surface area (Å²) in [4.78, 5) is 24.5. The third kappa shape index (κ3) is 9.98. The number of ether oxygens (including phenoxy) is 2. The van der Waals surface area contributed by atoms with Gasteiger partial charge in [0.15, 0.2) is 0 Å². The predicted molar refractivity (Wildman–Crippen MR) is 107 cm³/mol. The van der Waals surface area contributed by atoms with Crippen molar-refractivity contribution >= 4 is 11.9 Å². The van der Waals surface area contributed by atoms with Crippen molar-refractivity contribution in [3.05, 3.63) is 30.1 Å². The van der Waals surface area contributed by atoms with Crippen molar-refractivity contribution in [3.8, 4) is 0 Å². The fourth-order valence-corrected chi connectivity index (χ4v) is 3.71. The Morgan fingerprint density at radius 1 is 1.00 bits per heavy atom. The summed E-state index contributed by atoms with van der Waals surface area (Å²) in [6.45, 7) is 3.92. The Kier molecular flexibility index (Phi) is 10.3. The minimum Gasteiger partial charge on any atom is -0.475 e. The van der Waals surface area contributed by atoms with Gasteiger partial charge in [0, 0.05) is 31.5 Å². The van der Waals surface area contributed by atoms with Gasteiger partial charge in [0.25, 0.3) is 0 Å². The van der Waals surface area contributed by atoms with Gasteiger partial charge in [0.1, 0.15) is 0 Å². The highest BCUT2D eigenvalue weighted by Crippen LogP contribution is 2.36. The van der Waals surface area contributed by atoms with E-state index >= 15 is 0 Å². The third-order valence-corrected chi connectivity index (χ3v) is 5.54. The van der Waals surface area contributed by atoms with Gasteiger partial charge in [-0.3, -0.25) is 9.88 Å². The number of carboxylic acid groups (broad SMARTS) is 2. The van der Waals surface area contributed by atoms with Crippen LogP contribution in [-0.4, -0.2) is 82.3 Å². The van der Waals surface area contributed by atoms with Crippen LogP contribution in [0, 0.1) is 5.92 Å². The van der Waals surface area contributed by atoms with Crippen LogP contribution in [0.15, 0.2) is 24.5 Å². The third-order valence-electron chi connectivity index (χ3n) is 5.54. The standard InChI is InChI=1S/C17H24N2O2.2C2HF3O2/c1-2-13(1)11-19-9-10-20-17-15(19)3-4-16(17)21-12-14-5-7-18-8-6-14;2*3-2(4,5)1(6)7/h5-8,13,15-17H,1-4,9-12H2;2*(H,6,7)/t15-,16+,17+;;/m0../s1. The molecule has 0 radical (unpaired) electrons. The van der Waals surface area contributed by atoms with Crippen molar-refractivity contribution < 1.29 is 55.6 Å². The van der Waals surface area contributed by atoms with Crippen LogP contribution in [0.25, 0.3) is 0 Å². The van der Waals surface area contributed by atoms with Crippen LogP contribution in [0.5, 0.6) is 0 Å². The Bertz CT molecular complexity index is 795. The van der Waals surface area contributed by atoms with Crippen LogP contribution in [-0.2, 0) is 25.7 Å². The van der Waals surface area contributed by atoms with Crippen molar-refractivity contribution in [3.63, 3.8) is 0 Å². The highest BCUT2D eigenvalue weighted by Gasteiger charge is 2.44. The lowest BCUT2D eigenvalue weighted by Crippen LogP contribution is -2.52. The fraction of sp³-hybridized carbons (Fsp3) is 0.667. The minimum atomic E-state index is -5.08. The topological polar surface area (TPSA) is 109 Å². The highest BCUT2D eigenvalue weighted by molar-refractivity contribution is 5.73. The number of hydrogen-bond donors (Lipinski definition) is 2. The smallest absolute Gasteiger partial charge is 0.475 e. The Labute approximate surface area is 196 Å². The molecular formula is C21H26F6N2O6. The molecule has 2 aliphatic carbocycles. The number of halogens is 6. The summed E-state index contributed by atoms with van der Waals surface area (Å²) >= 11 is 0. The summed E-state index contributed by atoms with van der Waals surface area (Å²) in [6.07, 6.45) is -0.785. The molecule has 0 bridgehead atoms. The Hall–Kier alpha value is -2.45. The van der Waals surface area contributed by atoms with Crippen LogP contribution >= 0.6 is 0 Å². The van der Waals surface area contributed by atoms with Crippen molar-refractivity contribution in [2.24, 2.45) is 5.92 Å². The molecule has 1 aromatic heterocycles. The summed E-state index contributed by atoms with van der Waals surface area (Å²) < 4.78 is 75.7. The van der Waals surface area contributed by atoms with Gasteiger partial charge in [-0.2, -0.15) is 26.3 Å². The number of hydrogen-bond acceptors (Lipinski definition) is 6. The lowest BCUT2D eigenvalue weighted by molar-refractivity contribution is -0.193. The first kappa shape index (κ1) is 28.8. The first-order chi connectivity index (χ1) is 16.3. The van der Waals surface area contributed by atoms with E-state index in [2.05, 4.69) is 9.88 Å². The van der Waals surface area contributed by atoms with E-state index < -0.39 is 24.3 Å². The first-order valence-electron chi connectivity index (χ1n) is 10.8. The highest BCUT2D eigenvalue weighted by atomic mass is 19.4. The number of aliphatic carboxylic acids is 2. The van der Waals surface area contributed by atoms with Crippen LogP contribution in [0.3, 0.4) is 0 Å². The van der Waals surface area contributed by atoms with Crippen molar-refractivity contribution in [2.45, 2.75) is 62.9 Å². The molecule has 1 aromatic rings. The Morgan fingerprint density at radius 2 is 1.54 bits per heavy atom. The van der Waals surface area contributed by atoms with E-state index in [9.17, 15) is 26.3 Å². The number of morpholine rings is 1. The predicted octanol–water partition coefficient (Wildman–Crippen LogP) is 3.51. The fourth-order valence-electron chi connectivity index (χ4n) is 3.71. The maximum atomic E-state index is 10.6. The monoisotopic (exact) mass is 516 g/mol. The molecule has 1 aliphatic heterocycles. The Morgan fingerprint density at radius 3 is 2.03 bits per heavy atom. The molecule has 35 heavy (non-hydrogen) atoms. The van der Waals surface area contributed by atoms with Gasteiger partial charge < -0.3 is 19.7 Å². The van der Waals surface area contributed by atoms with Crippen molar-refractivity contribution in [1.82, 2.24) is 9.88 Å². The molecule has 14 heteroatoms. The van der Waals surface area contributed by atoms with E-state index in [1.165, 1.54) is 31.4 Å². The van der Waals surface area contributed by atoms with E-state index in [4.69, 9.17) is 29.3 Å². The number of carboxylic acids is 2. The van der Waals surface area contributed by atoms with Crippen LogP contribution in [0.2, 0.25) is 0 Å². The molecule has 2 N–H and O–H groups in total. The zero-order chi connectivity index (χ0) is 26.2. The lowest BCUT2D eigenvalue weighted by Gasteiger charge is -2.39. The zero-order valence-corrected chi connectivity index (χ0v) is 18.5. The number of carbonyl (C=O) groups is 2. The quantitative estimate of drug-likeness (QED) is 0.573. The molecule has 2 heterocycles. The molecule has 3 fully saturated rings. The molecule has 8 nitrogen and oxygen atoms in total. The number of alkyl halides is 6. The maximum Gasteiger partial charge on any atom is 0.490 e. The molecule has 1 saturated heterocycles. The molecule has 0 aromatic carbocycles. The summed E-state index contributed by atoms with van der Waals surface area (Å²) in [5.74, 6) is -4.56. The number of rotatable bonds is 5. The maximum absolute atomic E-state index is 10.6. The molecule has 2 saturated carbocycles. The summed E-state index contributed by atoms with van der Waals surface area (Å²) in [5, 5.41) is 14.2. The van der Waals surface area contributed by atoms with Gasteiger partial charge in [0.05, 0.1) is 25.4 Å². The molecule has 3 atom stereocenters. The summed E-state index contributed by atoms with van der Waals surface area (Å²) in [5.41, 5.74) is 1.19. The van der Waals surface area contributed by atoms with Crippen molar-refractivity contribution in [1.29, 1.82) is 0 Å². The molecule has 0 unspecified atom stereocenters. The zero-order valence-electron chi connectivity index (χ0n) is 18.5. The van der Waals surface area contributed by atoms with Gasteiger partial charge >= 0.3 is 24.3 Å². The second-order valence-corrected chi connectivity index (χ2v) is 8.23. The van der Waals surface area contributed by atoms with E-state index in [1.807, 2.05) is 24.5 Å². The van der Waals surface area contributed by atoms with Crippen LogP contribution in [0.4, 0.5) is 26.3 Å². The van der Waals surface area contributed by atoms with Gasteiger partial charge in [-0.1, -0.05) is 0 Å². The molecule has 0 amide bonds. The van der Waals surface area contributed by atoms with E-state index in [0.29, 0.717) is 12.6 Å². The number of fused-ring (bicyclic) bond motifs is 1. The lowest BCUT2D eigenvalue weighted by atomic mass is 10.1.